The zero-order chi connectivity index (χ0) is 31.7. The highest BCUT2D eigenvalue weighted by Crippen LogP contribution is 2.38. The maximum atomic E-state index is 12.9. The maximum Gasteiger partial charge on any atom is 0.416 e. The lowest BCUT2D eigenvalue weighted by atomic mass is 9.96. The van der Waals surface area contributed by atoms with E-state index in [2.05, 4.69) is 25.8 Å². The van der Waals surface area contributed by atoms with Crippen LogP contribution in [0.1, 0.15) is 131 Å². The van der Waals surface area contributed by atoms with Crippen molar-refractivity contribution in [2.45, 2.75) is 126 Å². The van der Waals surface area contributed by atoms with E-state index in [1.54, 1.807) is 25.4 Å². The smallest absolute Gasteiger partial charge is 0.416 e. The van der Waals surface area contributed by atoms with Crippen molar-refractivity contribution in [3.8, 4) is 5.75 Å². The molecule has 40 heavy (non-hydrogen) atoms. The number of benzene rings is 1. The molecule has 1 rings (SSSR count). The number of halogens is 3. The molecule has 0 aliphatic carbocycles. The molecule has 1 aromatic carbocycles. The van der Waals surface area contributed by atoms with E-state index in [0.29, 0.717) is 17.8 Å². The highest BCUT2D eigenvalue weighted by molar-refractivity contribution is 5.57. The zero-order valence-corrected chi connectivity index (χ0v) is 27.3. The van der Waals surface area contributed by atoms with Gasteiger partial charge in [-0.1, -0.05) is 106 Å². The van der Waals surface area contributed by atoms with Crippen molar-refractivity contribution in [1.82, 2.24) is 4.90 Å². The standard InChI is InChI=1S/C19H26F3N3O.C10H22.2C2H6/c1-5-9-24-12-13(2)18(25(4)10-8-14(3)23)16-7-6-15(11-17(16)26)19(20,21)22;1-4-6-7-8-9-10(3)5-2;2*1-2/h6-9,11-12,18,26H,5,10,23H2,1-4H3;10H,4-9H2,1-3H3;2*1-2H3/b13-12+,14-8+,24-9?;;;. The van der Waals surface area contributed by atoms with E-state index in [-0.39, 0.29) is 0 Å². The van der Waals surface area contributed by atoms with E-state index in [4.69, 9.17) is 5.73 Å². The Morgan fingerprint density at radius 3 is 2.10 bits per heavy atom. The van der Waals surface area contributed by atoms with Crippen molar-refractivity contribution in [3.05, 3.63) is 52.9 Å². The second-order valence-corrected chi connectivity index (χ2v) is 9.54. The number of phenolic OH excluding ortho intramolecular Hbond substituents is 1. The van der Waals surface area contributed by atoms with Gasteiger partial charge in [-0.2, -0.15) is 13.2 Å². The van der Waals surface area contributed by atoms with Gasteiger partial charge in [0.2, 0.25) is 0 Å². The number of hydrogen-bond acceptors (Lipinski definition) is 4. The van der Waals surface area contributed by atoms with Crippen LogP contribution in [-0.4, -0.2) is 29.8 Å². The third-order valence-corrected chi connectivity index (χ3v) is 6.04. The minimum Gasteiger partial charge on any atom is -0.508 e. The van der Waals surface area contributed by atoms with Crippen LogP contribution in [0.2, 0.25) is 0 Å². The van der Waals surface area contributed by atoms with Gasteiger partial charge < -0.3 is 10.8 Å². The largest absolute Gasteiger partial charge is 0.508 e. The summed E-state index contributed by atoms with van der Waals surface area (Å²) in [6, 6.07) is 2.59. The summed E-state index contributed by atoms with van der Waals surface area (Å²) in [4.78, 5) is 6.07. The highest BCUT2D eigenvalue weighted by Gasteiger charge is 2.32. The van der Waals surface area contributed by atoms with Gasteiger partial charge in [-0.15, -0.1) is 0 Å². The molecule has 0 bridgehead atoms. The molecule has 0 aliphatic rings. The van der Waals surface area contributed by atoms with Crippen LogP contribution in [0.15, 0.2) is 46.7 Å². The van der Waals surface area contributed by atoms with Crippen molar-refractivity contribution < 1.29 is 18.3 Å². The summed E-state index contributed by atoms with van der Waals surface area (Å²) in [5.41, 5.74) is 6.59. The molecule has 0 aliphatic heterocycles. The maximum absolute atomic E-state index is 12.9. The van der Waals surface area contributed by atoms with Gasteiger partial charge in [0.05, 0.1) is 11.6 Å². The number of likely N-dealkylation sites (N-methyl/N-ethyl adjacent to an activating group) is 1. The summed E-state index contributed by atoms with van der Waals surface area (Å²) in [5.74, 6) is 0.550. The number of unbranched alkanes of at least 4 members (excludes halogenated alkanes) is 3. The average molecular weight is 572 g/mol. The molecule has 0 aromatic heterocycles. The fourth-order valence-corrected chi connectivity index (χ4v) is 3.64. The number of nitrogens with zero attached hydrogens (tertiary/aromatic N) is 2. The first kappa shape index (κ1) is 42.2. The third-order valence-electron chi connectivity index (χ3n) is 6.04. The van der Waals surface area contributed by atoms with Gasteiger partial charge in [-0.3, -0.25) is 9.89 Å². The van der Waals surface area contributed by atoms with E-state index < -0.39 is 23.5 Å². The summed E-state index contributed by atoms with van der Waals surface area (Å²) >= 11 is 0. The summed E-state index contributed by atoms with van der Waals surface area (Å²) in [5, 5.41) is 10.2. The first-order chi connectivity index (χ1) is 18.9. The average Bonchev–Trinajstić information content (AvgIpc) is 2.93. The highest BCUT2D eigenvalue weighted by atomic mass is 19.4. The van der Waals surface area contributed by atoms with Crippen LogP contribution in [0.3, 0.4) is 0 Å². The topological polar surface area (TPSA) is 61.9 Å². The van der Waals surface area contributed by atoms with Crippen molar-refractivity contribution in [3.63, 3.8) is 0 Å². The van der Waals surface area contributed by atoms with Gasteiger partial charge in [0.15, 0.2) is 0 Å². The fourth-order valence-electron chi connectivity index (χ4n) is 3.64. The number of hydrogen-bond donors (Lipinski definition) is 2. The van der Waals surface area contributed by atoms with Gasteiger partial charge >= 0.3 is 6.18 Å². The van der Waals surface area contributed by atoms with Gasteiger partial charge in [-0.05, 0) is 50.9 Å². The monoisotopic (exact) mass is 571 g/mol. The number of phenols is 1. The van der Waals surface area contributed by atoms with Gasteiger partial charge in [0.1, 0.15) is 5.75 Å². The quantitative estimate of drug-likeness (QED) is 0.183. The predicted octanol–water partition coefficient (Wildman–Crippen LogP) is 10.7. The molecule has 1 aromatic rings. The molecule has 2 unspecified atom stereocenters. The first-order valence-electron chi connectivity index (χ1n) is 15.1. The molecule has 0 radical (unpaired) electrons. The zero-order valence-electron chi connectivity index (χ0n) is 27.3. The van der Waals surface area contributed by atoms with Crippen LogP contribution in [-0.2, 0) is 6.18 Å². The Balaban J connectivity index is -0.000000818. The molecule has 0 spiro atoms. The third kappa shape index (κ3) is 19.7. The van der Waals surface area contributed by atoms with Crippen LogP contribution in [0.5, 0.6) is 5.75 Å². The van der Waals surface area contributed by atoms with Gasteiger partial charge in [-0.25, -0.2) is 0 Å². The minimum absolute atomic E-state index is 0.379. The lowest BCUT2D eigenvalue weighted by Crippen LogP contribution is -2.26. The summed E-state index contributed by atoms with van der Waals surface area (Å²) < 4.78 is 38.6. The number of allylic oxidation sites excluding steroid dienone is 1. The van der Waals surface area contributed by atoms with E-state index in [1.807, 2.05) is 53.5 Å². The molecule has 2 atom stereocenters. The Kier molecular flexibility index (Phi) is 27.1. The molecular weight excluding hydrogens is 511 g/mol. The molecule has 0 heterocycles. The lowest BCUT2D eigenvalue weighted by molar-refractivity contribution is -0.137. The SMILES string of the molecule is CC.CC.CCC=N/C=C(\C)C(c1ccc(C(F)(F)F)cc1O)N(C)C/C=C(\C)N.CCCCCCC(C)CC. The molecule has 0 saturated carbocycles. The molecule has 7 heteroatoms. The number of rotatable bonds is 13. The second-order valence-electron chi connectivity index (χ2n) is 9.54. The van der Waals surface area contributed by atoms with Gasteiger partial charge in [0.25, 0.3) is 0 Å². The summed E-state index contributed by atoms with van der Waals surface area (Å²) in [6.45, 7) is 20.9. The van der Waals surface area contributed by atoms with E-state index >= 15 is 0 Å². The van der Waals surface area contributed by atoms with Crippen molar-refractivity contribution >= 4 is 6.21 Å². The minimum atomic E-state index is -4.51. The molecule has 0 fully saturated rings. The first-order valence-corrected chi connectivity index (χ1v) is 15.1. The van der Waals surface area contributed by atoms with Crippen LogP contribution >= 0.6 is 0 Å². The van der Waals surface area contributed by atoms with Crippen LogP contribution in [0.4, 0.5) is 13.2 Å². The van der Waals surface area contributed by atoms with Crippen molar-refractivity contribution in [2.24, 2.45) is 16.6 Å². The van der Waals surface area contributed by atoms with Crippen LogP contribution < -0.4 is 5.73 Å². The van der Waals surface area contributed by atoms with E-state index in [9.17, 15) is 18.3 Å². The second kappa shape index (κ2) is 25.7. The Hall–Kier alpha value is -2.28. The fraction of sp³-hybridized carbons (Fsp3) is 0.667. The van der Waals surface area contributed by atoms with E-state index in [1.165, 1.54) is 44.6 Å². The Morgan fingerprint density at radius 2 is 1.65 bits per heavy atom. The number of alkyl halides is 3. The molecule has 0 amide bonds. The summed E-state index contributed by atoms with van der Waals surface area (Å²) in [7, 11) is 1.81. The molecule has 4 nitrogen and oxygen atoms in total. The van der Waals surface area contributed by atoms with E-state index in [0.717, 1.165) is 30.0 Å². The lowest BCUT2D eigenvalue weighted by Gasteiger charge is -2.29. The molecule has 0 saturated heterocycles. The molecule has 3 N–H and O–H groups in total. The van der Waals surface area contributed by atoms with Gasteiger partial charge in [0, 0.05) is 30.2 Å². The Bertz CT molecular complexity index is 829. The predicted molar refractivity (Wildman–Crippen MR) is 170 cm³/mol. The molecule has 234 valence electrons. The van der Waals surface area contributed by atoms with Crippen molar-refractivity contribution in [2.75, 3.05) is 13.6 Å². The van der Waals surface area contributed by atoms with Crippen LogP contribution in [0, 0.1) is 5.92 Å². The van der Waals surface area contributed by atoms with Crippen LogP contribution in [0.25, 0.3) is 0 Å². The Morgan fingerprint density at radius 1 is 1.05 bits per heavy atom. The molecular formula is C33H60F3N3O. The Labute approximate surface area is 244 Å². The van der Waals surface area contributed by atoms with Crippen molar-refractivity contribution in [1.29, 1.82) is 0 Å². The number of nitrogens with two attached hydrogens (primary N) is 1. The normalized spacial score (nSPS) is 13.5. The summed E-state index contributed by atoms with van der Waals surface area (Å²) in [6.07, 6.45) is 9.93. The number of aliphatic imine (C=N–C) groups is 1. The number of aromatic hydroxyl groups is 1.